The average Bonchev–Trinajstić information content (AvgIpc) is 2.99. The molecule has 0 aliphatic heterocycles. The molecule has 0 fully saturated rings. The van der Waals surface area contributed by atoms with Crippen LogP contribution in [0.25, 0.3) is 0 Å². The van der Waals surface area contributed by atoms with E-state index in [0.717, 1.165) is 31.2 Å². The molecule has 0 unspecified atom stereocenters. The highest BCUT2D eigenvalue weighted by molar-refractivity contribution is 7.88. The molecule has 1 aromatic rings. The number of nitrogens with zero attached hydrogens (tertiary/aromatic N) is 2. The Labute approximate surface area is 139 Å². The van der Waals surface area contributed by atoms with Crippen molar-refractivity contribution in [2.24, 2.45) is 4.99 Å². The van der Waals surface area contributed by atoms with Gasteiger partial charge in [0.15, 0.2) is 5.96 Å². The second-order valence-electron chi connectivity index (χ2n) is 5.13. The van der Waals surface area contributed by atoms with Crippen molar-refractivity contribution >= 4 is 16.0 Å². The molecule has 0 saturated heterocycles. The van der Waals surface area contributed by atoms with Crippen LogP contribution in [0, 0.1) is 0 Å². The van der Waals surface area contributed by atoms with Gasteiger partial charge in [-0.05, 0) is 25.5 Å². The standard InChI is InChI=1S/C15H28N4O3S/c1-4-16-15(18-11-9-14-8-6-13-22-14)17-10-7-12-19(5-2)23(3,20)21/h6,8,13H,4-5,7,9-12H2,1-3H3,(H2,16,17,18). The number of guanidine groups is 1. The maximum absolute atomic E-state index is 11.5. The molecule has 7 nitrogen and oxygen atoms in total. The molecule has 0 bridgehead atoms. The summed E-state index contributed by atoms with van der Waals surface area (Å²) in [5, 5.41) is 6.41. The van der Waals surface area contributed by atoms with Crippen molar-refractivity contribution in [3.05, 3.63) is 24.2 Å². The summed E-state index contributed by atoms with van der Waals surface area (Å²) in [4.78, 5) is 4.46. The van der Waals surface area contributed by atoms with E-state index in [-0.39, 0.29) is 0 Å². The van der Waals surface area contributed by atoms with Crippen molar-refractivity contribution in [3.8, 4) is 0 Å². The van der Waals surface area contributed by atoms with Crippen LogP contribution in [0.5, 0.6) is 0 Å². The topological polar surface area (TPSA) is 86.9 Å². The summed E-state index contributed by atoms with van der Waals surface area (Å²) in [6.45, 7) is 6.90. The number of nitrogens with one attached hydrogen (secondary N) is 2. The Hall–Kier alpha value is -1.54. The molecule has 2 N–H and O–H groups in total. The second-order valence-corrected chi connectivity index (χ2v) is 7.11. The lowest BCUT2D eigenvalue weighted by Crippen LogP contribution is -2.38. The van der Waals surface area contributed by atoms with Crippen LogP contribution in [0.1, 0.15) is 26.0 Å². The summed E-state index contributed by atoms with van der Waals surface area (Å²) in [6.07, 6.45) is 4.38. The molecule has 0 aromatic carbocycles. The van der Waals surface area contributed by atoms with Crippen molar-refractivity contribution in [2.45, 2.75) is 26.7 Å². The van der Waals surface area contributed by atoms with Gasteiger partial charge in [0.05, 0.1) is 12.5 Å². The van der Waals surface area contributed by atoms with Crippen LogP contribution in [0.2, 0.25) is 0 Å². The highest BCUT2D eigenvalue weighted by atomic mass is 32.2. The minimum atomic E-state index is -3.12. The van der Waals surface area contributed by atoms with E-state index >= 15 is 0 Å². The van der Waals surface area contributed by atoms with E-state index in [9.17, 15) is 8.42 Å². The molecule has 1 aromatic heterocycles. The zero-order chi connectivity index (χ0) is 17.1. The smallest absolute Gasteiger partial charge is 0.211 e. The normalized spacial score (nSPS) is 12.6. The maximum atomic E-state index is 11.5. The summed E-state index contributed by atoms with van der Waals surface area (Å²) in [7, 11) is -3.12. The van der Waals surface area contributed by atoms with Crippen molar-refractivity contribution in [1.82, 2.24) is 14.9 Å². The van der Waals surface area contributed by atoms with Crippen LogP contribution < -0.4 is 10.6 Å². The van der Waals surface area contributed by atoms with E-state index < -0.39 is 10.0 Å². The van der Waals surface area contributed by atoms with Gasteiger partial charge in [0.2, 0.25) is 10.0 Å². The van der Waals surface area contributed by atoms with Crippen molar-refractivity contribution < 1.29 is 12.8 Å². The summed E-state index contributed by atoms with van der Waals surface area (Å²) in [5.74, 6) is 1.67. The fourth-order valence-corrected chi connectivity index (χ4v) is 3.03. The molecule has 0 atom stereocenters. The molecule has 0 aliphatic carbocycles. The Balaban J connectivity index is 2.36. The largest absolute Gasteiger partial charge is 0.469 e. The summed E-state index contributed by atoms with van der Waals surface area (Å²) >= 11 is 0. The van der Waals surface area contributed by atoms with Crippen LogP contribution >= 0.6 is 0 Å². The van der Waals surface area contributed by atoms with Crippen LogP contribution in [0.15, 0.2) is 27.8 Å². The van der Waals surface area contributed by atoms with Crippen molar-refractivity contribution in [2.75, 3.05) is 39.0 Å². The predicted molar refractivity (Wildman–Crippen MR) is 93.1 cm³/mol. The lowest BCUT2D eigenvalue weighted by atomic mass is 10.3. The molecule has 132 valence electrons. The van der Waals surface area contributed by atoms with Gasteiger partial charge in [-0.3, -0.25) is 4.99 Å². The van der Waals surface area contributed by atoms with E-state index in [1.807, 2.05) is 26.0 Å². The summed E-state index contributed by atoms with van der Waals surface area (Å²) < 4.78 is 29.7. The molecule has 23 heavy (non-hydrogen) atoms. The predicted octanol–water partition coefficient (Wildman–Crippen LogP) is 1.05. The van der Waals surface area contributed by atoms with Gasteiger partial charge < -0.3 is 15.1 Å². The van der Waals surface area contributed by atoms with E-state index in [0.29, 0.717) is 26.1 Å². The Kier molecular flexibility index (Phi) is 8.71. The SMILES string of the molecule is CCNC(=NCCCN(CC)S(C)(=O)=O)NCCc1ccco1. The van der Waals surface area contributed by atoms with Gasteiger partial charge in [0, 0.05) is 39.1 Å². The number of furan rings is 1. The Bertz CT molecular complexity index is 555. The quantitative estimate of drug-likeness (QED) is 0.376. The van der Waals surface area contributed by atoms with E-state index in [2.05, 4.69) is 15.6 Å². The van der Waals surface area contributed by atoms with Gasteiger partial charge in [-0.2, -0.15) is 0 Å². The van der Waals surface area contributed by atoms with Crippen LogP contribution in [-0.2, 0) is 16.4 Å². The van der Waals surface area contributed by atoms with Crippen molar-refractivity contribution in [3.63, 3.8) is 0 Å². The third kappa shape index (κ3) is 8.03. The molecule has 1 heterocycles. The molecular formula is C15H28N4O3S. The first-order valence-corrected chi connectivity index (χ1v) is 9.81. The van der Waals surface area contributed by atoms with Gasteiger partial charge in [-0.15, -0.1) is 0 Å². The van der Waals surface area contributed by atoms with E-state index in [1.165, 1.54) is 10.6 Å². The Morgan fingerprint density at radius 2 is 2.13 bits per heavy atom. The monoisotopic (exact) mass is 344 g/mol. The molecule has 1 rings (SSSR count). The molecular weight excluding hydrogens is 316 g/mol. The first kappa shape index (κ1) is 19.5. The lowest BCUT2D eigenvalue weighted by molar-refractivity contribution is 0.427. The molecule has 8 heteroatoms. The minimum absolute atomic E-state index is 0.490. The third-order valence-corrected chi connectivity index (χ3v) is 4.62. The van der Waals surface area contributed by atoms with Gasteiger partial charge in [0.25, 0.3) is 0 Å². The highest BCUT2D eigenvalue weighted by Gasteiger charge is 2.12. The molecule has 0 spiro atoms. The van der Waals surface area contributed by atoms with Crippen LogP contribution in [-0.4, -0.2) is 57.7 Å². The number of hydrogen-bond acceptors (Lipinski definition) is 4. The summed E-state index contributed by atoms with van der Waals surface area (Å²) in [6, 6.07) is 3.81. The fourth-order valence-electron chi connectivity index (χ4n) is 2.10. The zero-order valence-electron chi connectivity index (χ0n) is 14.2. The fraction of sp³-hybridized carbons (Fsp3) is 0.667. The van der Waals surface area contributed by atoms with Crippen LogP contribution in [0.3, 0.4) is 0 Å². The van der Waals surface area contributed by atoms with Gasteiger partial charge in [0.1, 0.15) is 5.76 Å². The minimum Gasteiger partial charge on any atom is -0.469 e. The average molecular weight is 344 g/mol. The molecule has 0 amide bonds. The second kappa shape index (κ2) is 10.3. The lowest BCUT2D eigenvalue weighted by Gasteiger charge is -2.17. The zero-order valence-corrected chi connectivity index (χ0v) is 15.0. The third-order valence-electron chi connectivity index (χ3n) is 3.25. The number of rotatable bonds is 10. The maximum Gasteiger partial charge on any atom is 0.211 e. The molecule has 0 aliphatic rings. The summed E-state index contributed by atoms with van der Waals surface area (Å²) in [5.41, 5.74) is 0. The van der Waals surface area contributed by atoms with E-state index in [1.54, 1.807) is 6.26 Å². The van der Waals surface area contributed by atoms with Crippen LogP contribution in [0.4, 0.5) is 0 Å². The van der Waals surface area contributed by atoms with E-state index in [4.69, 9.17) is 4.42 Å². The first-order chi connectivity index (χ1) is 11.0. The van der Waals surface area contributed by atoms with Gasteiger partial charge in [-0.25, -0.2) is 12.7 Å². The highest BCUT2D eigenvalue weighted by Crippen LogP contribution is 2.00. The van der Waals surface area contributed by atoms with Gasteiger partial charge >= 0.3 is 0 Å². The number of sulfonamides is 1. The molecule has 0 radical (unpaired) electrons. The first-order valence-electron chi connectivity index (χ1n) is 7.97. The number of aliphatic imine (C=N–C) groups is 1. The Morgan fingerprint density at radius 1 is 1.35 bits per heavy atom. The Morgan fingerprint density at radius 3 is 2.70 bits per heavy atom. The van der Waals surface area contributed by atoms with Gasteiger partial charge in [-0.1, -0.05) is 6.92 Å². The molecule has 0 saturated carbocycles. The number of hydrogen-bond donors (Lipinski definition) is 2. The van der Waals surface area contributed by atoms with Crippen molar-refractivity contribution in [1.29, 1.82) is 0 Å².